The topological polar surface area (TPSA) is 12.5 Å². The van der Waals surface area contributed by atoms with Gasteiger partial charge in [-0.15, -0.1) is 0 Å². The van der Waals surface area contributed by atoms with Crippen LogP contribution in [0.2, 0.25) is 0 Å². The number of rotatable bonds is 0. The molecule has 0 aliphatic carbocycles. The summed E-state index contributed by atoms with van der Waals surface area (Å²) in [5.41, 5.74) is 1.19. The Labute approximate surface area is 107 Å². The van der Waals surface area contributed by atoms with Gasteiger partial charge in [0.25, 0.3) is 0 Å². The van der Waals surface area contributed by atoms with E-state index in [1.165, 1.54) is 18.5 Å². The summed E-state index contributed by atoms with van der Waals surface area (Å²) in [5.74, 6) is 1.00. The molecule has 0 aromatic heterocycles. The zero-order chi connectivity index (χ0) is 13.1. The van der Waals surface area contributed by atoms with Crippen LogP contribution in [0.15, 0.2) is 24.3 Å². The minimum atomic E-state index is 0.799. The molecule has 0 saturated heterocycles. The number of likely N-dealkylation sites (N-methyl/N-ethyl adjacent to an activating group) is 1. The van der Waals surface area contributed by atoms with E-state index in [2.05, 4.69) is 45.7 Å². The minimum Gasteiger partial charge on any atom is -0.490 e. The van der Waals surface area contributed by atoms with E-state index >= 15 is 0 Å². The molecule has 0 fully saturated rings. The molecule has 1 heterocycles. The molecule has 1 aromatic rings. The Bertz CT molecular complexity index is 284. The molecule has 1 aliphatic heterocycles. The molecular weight excluding hydrogens is 210 g/mol. The van der Waals surface area contributed by atoms with Crippen molar-refractivity contribution in [3.05, 3.63) is 24.3 Å². The van der Waals surface area contributed by atoms with E-state index in [0.29, 0.717) is 0 Å². The third-order valence-corrected chi connectivity index (χ3v) is 1.96. The molecule has 1 aromatic carbocycles. The molecule has 17 heavy (non-hydrogen) atoms. The van der Waals surface area contributed by atoms with Gasteiger partial charge in [0.15, 0.2) is 0 Å². The second kappa shape index (κ2) is 10.0. The lowest BCUT2D eigenvalue weighted by atomic mass is 10.2. The average Bonchev–Trinajstić information content (AvgIpc) is 2.32. The zero-order valence-corrected chi connectivity index (χ0v) is 12.0. The molecule has 0 amide bonds. The highest BCUT2D eigenvalue weighted by atomic mass is 16.5. The largest absolute Gasteiger partial charge is 0.490 e. The molecule has 1 aliphatic rings. The van der Waals surface area contributed by atoms with E-state index in [-0.39, 0.29) is 0 Å². The molecule has 0 N–H and O–H groups in total. The fraction of sp³-hybridized carbons (Fsp3) is 0.600. The van der Waals surface area contributed by atoms with Gasteiger partial charge in [-0.3, -0.25) is 0 Å². The number of anilines is 1. The monoisotopic (exact) mass is 237 g/mol. The van der Waals surface area contributed by atoms with Gasteiger partial charge in [0.1, 0.15) is 12.4 Å². The zero-order valence-electron chi connectivity index (χ0n) is 12.0. The summed E-state index contributed by atoms with van der Waals surface area (Å²) in [5, 5.41) is 0. The molecular formula is C15H27NO. The summed E-state index contributed by atoms with van der Waals surface area (Å²) in [6.45, 7) is 10.3. The van der Waals surface area contributed by atoms with Gasteiger partial charge >= 0.3 is 0 Å². The summed E-state index contributed by atoms with van der Waals surface area (Å²) in [7, 11) is 2.08. The van der Waals surface area contributed by atoms with Crippen LogP contribution in [0, 0.1) is 0 Å². The van der Waals surface area contributed by atoms with Crippen LogP contribution in [0.3, 0.4) is 0 Å². The van der Waals surface area contributed by atoms with Crippen molar-refractivity contribution in [2.45, 2.75) is 40.5 Å². The van der Waals surface area contributed by atoms with Gasteiger partial charge in [0, 0.05) is 7.05 Å². The van der Waals surface area contributed by atoms with Crippen molar-refractivity contribution < 1.29 is 4.74 Å². The smallest absolute Gasteiger partial charge is 0.142 e. The van der Waals surface area contributed by atoms with Gasteiger partial charge in [0.05, 0.1) is 12.2 Å². The standard InChI is InChI=1S/C9H11NO.2C3H8/c1-10-6-7-11-9-5-3-2-4-8(9)10;2*1-3-2/h2-5H,6-7H2,1H3;2*3H2,1-2H3. The van der Waals surface area contributed by atoms with Crippen LogP contribution in [-0.2, 0) is 0 Å². The maximum atomic E-state index is 5.45. The first-order valence-corrected chi connectivity index (χ1v) is 6.64. The third-order valence-electron chi connectivity index (χ3n) is 1.96. The number of para-hydroxylation sites is 2. The molecule has 0 saturated carbocycles. The van der Waals surface area contributed by atoms with Crippen LogP contribution in [0.1, 0.15) is 40.5 Å². The van der Waals surface area contributed by atoms with Gasteiger partial charge in [-0.1, -0.05) is 52.7 Å². The Balaban J connectivity index is 0.000000366. The predicted octanol–water partition coefficient (Wildman–Crippen LogP) is 4.35. The van der Waals surface area contributed by atoms with Gasteiger partial charge in [-0.05, 0) is 12.1 Å². The van der Waals surface area contributed by atoms with E-state index in [9.17, 15) is 0 Å². The summed E-state index contributed by atoms with van der Waals surface area (Å²) in [6, 6.07) is 8.11. The summed E-state index contributed by atoms with van der Waals surface area (Å²) >= 11 is 0. The van der Waals surface area contributed by atoms with Gasteiger partial charge in [0.2, 0.25) is 0 Å². The highest BCUT2D eigenvalue weighted by Crippen LogP contribution is 2.29. The lowest BCUT2D eigenvalue weighted by Crippen LogP contribution is -2.28. The number of nitrogens with zero attached hydrogens (tertiary/aromatic N) is 1. The van der Waals surface area contributed by atoms with Crippen LogP contribution in [0.4, 0.5) is 5.69 Å². The second-order valence-electron chi connectivity index (χ2n) is 4.15. The molecule has 0 radical (unpaired) electrons. The Morgan fingerprint density at radius 1 is 1.06 bits per heavy atom. The first kappa shape index (κ1) is 15.8. The van der Waals surface area contributed by atoms with Crippen molar-refractivity contribution in [1.29, 1.82) is 0 Å². The molecule has 0 spiro atoms. The average molecular weight is 237 g/mol. The fourth-order valence-corrected chi connectivity index (χ4v) is 1.31. The Morgan fingerprint density at radius 2 is 1.59 bits per heavy atom. The van der Waals surface area contributed by atoms with Crippen molar-refractivity contribution in [3.8, 4) is 5.75 Å². The maximum Gasteiger partial charge on any atom is 0.142 e. The third kappa shape index (κ3) is 6.20. The van der Waals surface area contributed by atoms with Crippen LogP contribution in [0.5, 0.6) is 5.75 Å². The van der Waals surface area contributed by atoms with Gasteiger partial charge in [-0.25, -0.2) is 0 Å². The quantitative estimate of drug-likeness (QED) is 0.665. The van der Waals surface area contributed by atoms with Crippen molar-refractivity contribution in [2.24, 2.45) is 0 Å². The minimum absolute atomic E-state index is 0.799. The first-order valence-electron chi connectivity index (χ1n) is 6.64. The van der Waals surface area contributed by atoms with Crippen molar-refractivity contribution in [2.75, 3.05) is 25.1 Å². The molecule has 2 nitrogen and oxygen atoms in total. The first-order chi connectivity index (χ1) is 8.21. The number of benzene rings is 1. The Kier molecular flexibility index (Phi) is 9.31. The molecule has 2 heteroatoms. The highest BCUT2D eigenvalue weighted by molar-refractivity contribution is 5.58. The van der Waals surface area contributed by atoms with Crippen LogP contribution in [0.25, 0.3) is 0 Å². The molecule has 98 valence electrons. The lowest BCUT2D eigenvalue weighted by molar-refractivity contribution is 0.311. The van der Waals surface area contributed by atoms with Crippen molar-refractivity contribution >= 4 is 5.69 Å². The van der Waals surface area contributed by atoms with E-state index in [4.69, 9.17) is 4.74 Å². The van der Waals surface area contributed by atoms with E-state index < -0.39 is 0 Å². The van der Waals surface area contributed by atoms with Crippen LogP contribution >= 0.6 is 0 Å². The molecule has 0 atom stereocenters. The Hall–Kier alpha value is -1.18. The summed E-state index contributed by atoms with van der Waals surface area (Å²) in [4.78, 5) is 2.21. The Morgan fingerprint density at radius 3 is 2.12 bits per heavy atom. The second-order valence-corrected chi connectivity index (χ2v) is 4.15. The summed E-state index contributed by atoms with van der Waals surface area (Å²) < 4.78 is 5.45. The molecule has 0 unspecified atom stereocenters. The SMILES string of the molecule is CCC.CCC.CN1CCOc2ccccc21. The number of hydrogen-bond donors (Lipinski definition) is 0. The van der Waals surface area contributed by atoms with Gasteiger partial charge < -0.3 is 9.64 Å². The maximum absolute atomic E-state index is 5.45. The molecule has 0 bridgehead atoms. The fourth-order valence-electron chi connectivity index (χ4n) is 1.31. The van der Waals surface area contributed by atoms with Crippen LogP contribution in [-0.4, -0.2) is 20.2 Å². The normalized spacial score (nSPS) is 12.2. The van der Waals surface area contributed by atoms with Crippen molar-refractivity contribution in [1.82, 2.24) is 0 Å². The van der Waals surface area contributed by atoms with Crippen LogP contribution < -0.4 is 9.64 Å². The van der Waals surface area contributed by atoms with Gasteiger partial charge in [-0.2, -0.15) is 0 Å². The predicted molar refractivity (Wildman–Crippen MR) is 77.1 cm³/mol. The highest BCUT2D eigenvalue weighted by Gasteiger charge is 2.12. The summed E-state index contributed by atoms with van der Waals surface area (Å²) in [6.07, 6.45) is 2.50. The van der Waals surface area contributed by atoms with E-state index in [1.54, 1.807) is 0 Å². The van der Waals surface area contributed by atoms with E-state index in [1.807, 2.05) is 18.2 Å². The number of fused-ring (bicyclic) bond motifs is 1. The van der Waals surface area contributed by atoms with Crippen molar-refractivity contribution in [3.63, 3.8) is 0 Å². The lowest BCUT2D eigenvalue weighted by Gasteiger charge is -2.27. The van der Waals surface area contributed by atoms with E-state index in [0.717, 1.165) is 18.9 Å². The number of ether oxygens (including phenoxy) is 1. The molecule has 2 rings (SSSR count). The number of hydrogen-bond acceptors (Lipinski definition) is 2.